The molecule has 4 nitrogen and oxygen atoms in total. The van der Waals surface area contributed by atoms with Gasteiger partial charge in [0.05, 0.1) is 14.2 Å². The molecule has 0 amide bonds. The van der Waals surface area contributed by atoms with Gasteiger partial charge in [0.1, 0.15) is 0 Å². The van der Waals surface area contributed by atoms with Crippen molar-refractivity contribution in [1.82, 2.24) is 5.32 Å². The first-order chi connectivity index (χ1) is 9.46. The van der Waals surface area contributed by atoms with E-state index in [1.807, 2.05) is 18.2 Å². The third-order valence-corrected chi connectivity index (χ3v) is 4.01. The molecule has 5 heteroatoms. The van der Waals surface area contributed by atoms with E-state index in [2.05, 4.69) is 19.2 Å². The van der Waals surface area contributed by atoms with Crippen LogP contribution in [0, 0.1) is 0 Å². The Hall–Kier alpha value is -1.07. The summed E-state index contributed by atoms with van der Waals surface area (Å²) >= 11 is 0. The number of methoxy groups -OCH3 is 2. The van der Waals surface area contributed by atoms with Crippen LogP contribution in [-0.4, -0.2) is 42.5 Å². The van der Waals surface area contributed by atoms with E-state index in [4.69, 9.17) is 9.47 Å². The van der Waals surface area contributed by atoms with Gasteiger partial charge in [-0.3, -0.25) is 4.21 Å². The fourth-order valence-corrected chi connectivity index (χ4v) is 3.11. The summed E-state index contributed by atoms with van der Waals surface area (Å²) in [4.78, 5) is 0. The smallest absolute Gasteiger partial charge is 0.160 e. The second-order valence-electron chi connectivity index (χ2n) is 5.10. The van der Waals surface area contributed by atoms with Crippen LogP contribution in [0.3, 0.4) is 0 Å². The van der Waals surface area contributed by atoms with Crippen molar-refractivity contribution in [1.29, 1.82) is 0 Å². The van der Waals surface area contributed by atoms with Crippen molar-refractivity contribution in [3.63, 3.8) is 0 Å². The molecule has 20 heavy (non-hydrogen) atoms. The molecule has 0 aliphatic rings. The molecule has 0 saturated carbocycles. The number of rotatable bonds is 8. The minimum absolute atomic E-state index is 0.246. The highest BCUT2D eigenvalue weighted by Crippen LogP contribution is 2.27. The molecule has 1 N–H and O–H groups in total. The van der Waals surface area contributed by atoms with Gasteiger partial charge in [-0.2, -0.15) is 0 Å². The molecular weight excluding hydrogens is 274 g/mol. The fourth-order valence-electron chi connectivity index (χ4n) is 2.31. The Bertz CT molecular complexity index is 451. The lowest BCUT2D eigenvalue weighted by Gasteiger charge is -2.20. The molecule has 0 aliphatic heterocycles. The number of nitrogens with one attached hydrogen (secondary N) is 1. The quantitative estimate of drug-likeness (QED) is 0.797. The topological polar surface area (TPSA) is 47.6 Å². The van der Waals surface area contributed by atoms with Gasteiger partial charge in [0.15, 0.2) is 11.5 Å². The van der Waals surface area contributed by atoms with Crippen molar-refractivity contribution in [2.24, 2.45) is 0 Å². The average molecular weight is 299 g/mol. The zero-order valence-corrected chi connectivity index (χ0v) is 13.8. The summed E-state index contributed by atoms with van der Waals surface area (Å²) in [5.41, 5.74) is 1.19. The molecule has 3 unspecified atom stereocenters. The highest BCUT2D eigenvalue weighted by molar-refractivity contribution is 7.84. The number of ether oxygens (including phenoxy) is 2. The van der Waals surface area contributed by atoms with Crippen molar-refractivity contribution in [3.05, 3.63) is 23.8 Å². The number of hydrogen-bond acceptors (Lipinski definition) is 4. The van der Waals surface area contributed by atoms with Crippen LogP contribution >= 0.6 is 0 Å². The monoisotopic (exact) mass is 299 g/mol. The van der Waals surface area contributed by atoms with Gasteiger partial charge in [-0.05, 0) is 38.0 Å². The van der Waals surface area contributed by atoms with Crippen LogP contribution in [-0.2, 0) is 17.2 Å². The van der Waals surface area contributed by atoms with Gasteiger partial charge in [-0.25, -0.2) is 0 Å². The van der Waals surface area contributed by atoms with E-state index in [0.29, 0.717) is 11.8 Å². The highest BCUT2D eigenvalue weighted by atomic mass is 32.2. The summed E-state index contributed by atoms with van der Waals surface area (Å²) < 4.78 is 21.7. The van der Waals surface area contributed by atoms with Gasteiger partial charge in [0.2, 0.25) is 0 Å². The maximum absolute atomic E-state index is 11.2. The molecule has 0 saturated heterocycles. The van der Waals surface area contributed by atoms with Crippen molar-refractivity contribution < 1.29 is 13.7 Å². The minimum atomic E-state index is -0.767. The third-order valence-electron chi connectivity index (χ3n) is 3.04. The number of benzene rings is 1. The summed E-state index contributed by atoms with van der Waals surface area (Å²) in [5, 5.41) is 3.46. The Morgan fingerprint density at radius 1 is 1.15 bits per heavy atom. The number of hydrogen-bond donors (Lipinski definition) is 1. The zero-order valence-electron chi connectivity index (χ0n) is 12.9. The van der Waals surface area contributed by atoms with Crippen LogP contribution in [0.25, 0.3) is 0 Å². The van der Waals surface area contributed by atoms with E-state index < -0.39 is 10.8 Å². The van der Waals surface area contributed by atoms with Gasteiger partial charge >= 0.3 is 0 Å². The zero-order chi connectivity index (χ0) is 15.1. The maximum atomic E-state index is 11.2. The molecule has 3 atom stereocenters. The first-order valence-corrected chi connectivity index (χ1v) is 8.46. The first-order valence-electron chi connectivity index (χ1n) is 6.73. The normalized spacial score (nSPS) is 15.4. The average Bonchev–Trinajstić information content (AvgIpc) is 2.37. The Labute approximate surface area is 124 Å². The molecule has 0 bridgehead atoms. The van der Waals surface area contributed by atoms with E-state index in [0.717, 1.165) is 17.9 Å². The van der Waals surface area contributed by atoms with E-state index in [1.165, 1.54) is 5.56 Å². The van der Waals surface area contributed by atoms with Gasteiger partial charge in [0, 0.05) is 34.9 Å². The van der Waals surface area contributed by atoms with Gasteiger partial charge in [-0.15, -0.1) is 0 Å². The van der Waals surface area contributed by atoms with Gasteiger partial charge in [-0.1, -0.05) is 6.07 Å². The van der Waals surface area contributed by atoms with Crippen molar-refractivity contribution in [2.75, 3.05) is 26.2 Å². The summed E-state index contributed by atoms with van der Waals surface area (Å²) in [6.45, 7) is 4.19. The predicted molar refractivity (Wildman–Crippen MR) is 84.2 cm³/mol. The van der Waals surface area contributed by atoms with Crippen molar-refractivity contribution in [3.8, 4) is 11.5 Å². The minimum Gasteiger partial charge on any atom is -0.493 e. The summed E-state index contributed by atoms with van der Waals surface area (Å²) in [6.07, 6.45) is 2.62. The standard InChI is InChI=1S/C15H25NO3S/c1-11(16-12(2)10-20(5)17)8-13-6-7-14(18-3)15(9-13)19-4/h6-7,9,11-12,16H,8,10H2,1-5H3. The SMILES string of the molecule is COc1ccc(CC(C)NC(C)CS(C)=O)cc1OC. The van der Waals surface area contributed by atoms with Gasteiger partial charge < -0.3 is 14.8 Å². The molecule has 1 aromatic carbocycles. The van der Waals surface area contributed by atoms with E-state index >= 15 is 0 Å². The van der Waals surface area contributed by atoms with E-state index in [-0.39, 0.29) is 6.04 Å². The van der Waals surface area contributed by atoms with Crippen molar-refractivity contribution >= 4 is 10.8 Å². The summed E-state index contributed by atoms with van der Waals surface area (Å²) in [6, 6.07) is 6.52. The molecule has 0 spiro atoms. The Balaban J connectivity index is 2.61. The summed E-state index contributed by atoms with van der Waals surface area (Å²) in [5.74, 6) is 2.17. The second-order valence-corrected chi connectivity index (χ2v) is 6.58. The van der Waals surface area contributed by atoms with E-state index in [1.54, 1.807) is 20.5 Å². The van der Waals surface area contributed by atoms with E-state index in [9.17, 15) is 4.21 Å². The second kappa shape index (κ2) is 8.27. The molecule has 0 aliphatic carbocycles. The summed E-state index contributed by atoms with van der Waals surface area (Å²) in [7, 11) is 2.51. The molecule has 0 heterocycles. The lowest BCUT2D eigenvalue weighted by Crippen LogP contribution is -2.38. The van der Waals surface area contributed by atoms with Crippen LogP contribution in [0.15, 0.2) is 18.2 Å². The molecule has 0 aromatic heterocycles. The van der Waals surface area contributed by atoms with Crippen LogP contribution < -0.4 is 14.8 Å². The van der Waals surface area contributed by atoms with Crippen molar-refractivity contribution in [2.45, 2.75) is 32.4 Å². The third kappa shape index (κ3) is 5.51. The van der Waals surface area contributed by atoms with Crippen LogP contribution in [0.5, 0.6) is 11.5 Å². The maximum Gasteiger partial charge on any atom is 0.160 e. The predicted octanol–water partition coefficient (Wildman–Crippen LogP) is 1.99. The largest absolute Gasteiger partial charge is 0.493 e. The Morgan fingerprint density at radius 2 is 1.80 bits per heavy atom. The fraction of sp³-hybridized carbons (Fsp3) is 0.600. The lowest BCUT2D eigenvalue weighted by atomic mass is 10.1. The Morgan fingerprint density at radius 3 is 2.35 bits per heavy atom. The molecule has 114 valence electrons. The lowest BCUT2D eigenvalue weighted by molar-refractivity contribution is 0.354. The Kier molecular flexibility index (Phi) is 7.02. The molecule has 0 fully saturated rings. The molecule has 0 radical (unpaired) electrons. The van der Waals surface area contributed by atoms with Crippen LogP contribution in [0.4, 0.5) is 0 Å². The first kappa shape index (κ1) is 17.0. The molecule has 1 rings (SSSR count). The van der Waals surface area contributed by atoms with Gasteiger partial charge in [0.25, 0.3) is 0 Å². The molecule has 1 aromatic rings. The van der Waals surface area contributed by atoms with Crippen LogP contribution in [0.2, 0.25) is 0 Å². The highest BCUT2D eigenvalue weighted by Gasteiger charge is 2.11. The molecular formula is C15H25NO3S. The van der Waals surface area contributed by atoms with Crippen LogP contribution in [0.1, 0.15) is 19.4 Å².